The van der Waals surface area contributed by atoms with E-state index in [2.05, 4.69) is 39.5 Å². The smallest absolute Gasteiger partial charge is 0.229 e. The van der Waals surface area contributed by atoms with Crippen molar-refractivity contribution in [3.63, 3.8) is 0 Å². The molecule has 4 heterocycles. The Balaban J connectivity index is 1.58. The number of fused-ring (bicyclic) bond motifs is 1. The molecule has 0 bridgehead atoms. The lowest BCUT2D eigenvalue weighted by Crippen LogP contribution is -2.37. The molecule has 0 amide bonds. The number of imidazole rings is 1. The Labute approximate surface area is 185 Å². The number of aromatic nitrogens is 5. The molecule has 0 atom stereocenters. The van der Waals surface area contributed by atoms with Crippen molar-refractivity contribution in [3.05, 3.63) is 65.6 Å². The van der Waals surface area contributed by atoms with Crippen molar-refractivity contribution >= 4 is 29.1 Å². The molecule has 0 unspecified atom stereocenters. The van der Waals surface area contributed by atoms with E-state index in [-0.39, 0.29) is 0 Å². The van der Waals surface area contributed by atoms with Gasteiger partial charge in [0.2, 0.25) is 5.95 Å². The minimum Gasteiger partial charge on any atom is -0.378 e. The van der Waals surface area contributed by atoms with Crippen LogP contribution in [0.15, 0.2) is 53.8 Å². The van der Waals surface area contributed by atoms with Crippen molar-refractivity contribution in [3.8, 4) is 5.82 Å². The highest BCUT2D eigenvalue weighted by Gasteiger charge is 2.21. The van der Waals surface area contributed by atoms with Gasteiger partial charge in [-0.05, 0) is 31.5 Å². The van der Waals surface area contributed by atoms with Crippen LogP contribution in [0.4, 0.5) is 11.8 Å². The molecule has 0 aliphatic carbocycles. The molecule has 1 aliphatic rings. The lowest BCUT2D eigenvalue weighted by atomic mass is 10.2. The van der Waals surface area contributed by atoms with E-state index < -0.39 is 0 Å². The summed E-state index contributed by atoms with van der Waals surface area (Å²) in [6.07, 6.45) is 3.54. The number of hydrogen-bond acceptors (Lipinski definition) is 8. The molecule has 5 rings (SSSR count). The predicted molar refractivity (Wildman–Crippen MR) is 125 cm³/mol. The molecule has 1 aliphatic heterocycles. The van der Waals surface area contributed by atoms with Gasteiger partial charge in [0, 0.05) is 19.3 Å². The predicted octanol–water partition coefficient (Wildman–Crippen LogP) is 3.11. The van der Waals surface area contributed by atoms with Crippen molar-refractivity contribution in [2.24, 2.45) is 5.10 Å². The molecule has 4 aromatic rings. The Bertz CT molecular complexity index is 1260. The number of rotatable bonds is 5. The number of hydrazone groups is 1. The molecule has 0 radical (unpaired) electrons. The first kappa shape index (κ1) is 20.1. The summed E-state index contributed by atoms with van der Waals surface area (Å²) < 4.78 is 7.44. The fourth-order valence-corrected chi connectivity index (χ4v) is 3.72. The van der Waals surface area contributed by atoms with E-state index in [0.717, 1.165) is 30.3 Å². The van der Waals surface area contributed by atoms with Crippen molar-refractivity contribution in [2.45, 2.75) is 13.8 Å². The van der Waals surface area contributed by atoms with E-state index in [4.69, 9.17) is 19.7 Å². The van der Waals surface area contributed by atoms with Gasteiger partial charge in [0.1, 0.15) is 11.6 Å². The molecule has 1 fully saturated rings. The Hall–Kier alpha value is -3.85. The number of aryl methyl sites for hydroxylation is 2. The van der Waals surface area contributed by atoms with Crippen LogP contribution in [0.2, 0.25) is 0 Å². The van der Waals surface area contributed by atoms with Gasteiger partial charge in [-0.1, -0.05) is 35.9 Å². The normalized spacial score (nSPS) is 14.4. The number of morpholine rings is 1. The van der Waals surface area contributed by atoms with Gasteiger partial charge in [-0.25, -0.2) is 9.97 Å². The fourth-order valence-electron chi connectivity index (χ4n) is 3.72. The molecule has 32 heavy (non-hydrogen) atoms. The van der Waals surface area contributed by atoms with E-state index in [1.165, 1.54) is 5.56 Å². The molecule has 3 aromatic heterocycles. The fraction of sp³-hybridized carbons (Fsp3) is 0.261. The zero-order valence-corrected chi connectivity index (χ0v) is 18.1. The van der Waals surface area contributed by atoms with Crippen LogP contribution in [-0.2, 0) is 4.74 Å². The second-order valence-corrected chi connectivity index (χ2v) is 7.61. The van der Waals surface area contributed by atoms with E-state index in [1.807, 2.05) is 41.8 Å². The van der Waals surface area contributed by atoms with Gasteiger partial charge in [0.05, 0.1) is 19.4 Å². The lowest BCUT2D eigenvalue weighted by molar-refractivity contribution is 0.122. The van der Waals surface area contributed by atoms with Gasteiger partial charge < -0.3 is 9.64 Å². The summed E-state index contributed by atoms with van der Waals surface area (Å²) in [7, 11) is 0. The third kappa shape index (κ3) is 4.02. The van der Waals surface area contributed by atoms with Crippen LogP contribution in [0, 0.1) is 13.8 Å². The zero-order valence-electron chi connectivity index (χ0n) is 18.1. The Morgan fingerprint density at radius 3 is 2.69 bits per heavy atom. The van der Waals surface area contributed by atoms with Crippen LogP contribution in [0.25, 0.3) is 17.0 Å². The standard InChI is InChI=1S/C23H24N8O/c1-16-6-5-7-18(14-16)15-25-29-21-20-22(28-23(27-21)30-10-12-32-13-11-30)31(17(2)26-20)19-8-3-4-9-24-19/h3-9,14-15H,10-13H2,1-2H3,(H,27,28,29)/b25-15+. The lowest BCUT2D eigenvalue weighted by Gasteiger charge is -2.27. The second-order valence-electron chi connectivity index (χ2n) is 7.61. The van der Waals surface area contributed by atoms with Gasteiger partial charge in [0.25, 0.3) is 0 Å². The number of pyridine rings is 1. The van der Waals surface area contributed by atoms with Gasteiger partial charge in [-0.2, -0.15) is 15.1 Å². The number of hydrogen-bond donors (Lipinski definition) is 1. The number of nitrogens with zero attached hydrogens (tertiary/aromatic N) is 7. The molecular weight excluding hydrogens is 404 g/mol. The zero-order chi connectivity index (χ0) is 21.9. The van der Waals surface area contributed by atoms with E-state index in [9.17, 15) is 0 Å². The molecule has 162 valence electrons. The average molecular weight is 429 g/mol. The van der Waals surface area contributed by atoms with E-state index in [0.29, 0.717) is 36.1 Å². The summed E-state index contributed by atoms with van der Waals surface area (Å²) in [6.45, 7) is 6.75. The van der Waals surface area contributed by atoms with Crippen molar-refractivity contribution in [1.29, 1.82) is 0 Å². The Morgan fingerprint density at radius 1 is 1.03 bits per heavy atom. The van der Waals surface area contributed by atoms with Gasteiger partial charge in [-0.15, -0.1) is 0 Å². The molecule has 0 spiro atoms. The Morgan fingerprint density at radius 2 is 1.91 bits per heavy atom. The van der Waals surface area contributed by atoms with E-state index in [1.54, 1.807) is 12.4 Å². The summed E-state index contributed by atoms with van der Waals surface area (Å²) >= 11 is 0. The maximum Gasteiger partial charge on any atom is 0.229 e. The first-order chi connectivity index (χ1) is 15.7. The van der Waals surface area contributed by atoms with Gasteiger partial charge >= 0.3 is 0 Å². The number of benzene rings is 1. The molecule has 1 aromatic carbocycles. The third-order valence-electron chi connectivity index (χ3n) is 5.26. The van der Waals surface area contributed by atoms with Crippen molar-refractivity contribution in [2.75, 3.05) is 36.6 Å². The second kappa shape index (κ2) is 8.72. The average Bonchev–Trinajstić information content (AvgIpc) is 3.16. The van der Waals surface area contributed by atoms with Crippen LogP contribution < -0.4 is 10.3 Å². The van der Waals surface area contributed by atoms with Crippen LogP contribution in [-0.4, -0.2) is 57.0 Å². The number of ether oxygens (including phenoxy) is 1. The first-order valence-electron chi connectivity index (χ1n) is 10.6. The van der Waals surface area contributed by atoms with Crippen molar-refractivity contribution < 1.29 is 4.74 Å². The summed E-state index contributed by atoms with van der Waals surface area (Å²) in [5.41, 5.74) is 6.61. The quantitative estimate of drug-likeness (QED) is 0.386. The molecular formula is C23H24N8O. The minimum atomic E-state index is 0.554. The summed E-state index contributed by atoms with van der Waals surface area (Å²) in [5.74, 6) is 2.70. The SMILES string of the molecule is Cc1cccc(/C=N/Nc2nc(N3CCOCC3)nc3c2nc(C)n3-c2ccccn2)c1. The van der Waals surface area contributed by atoms with Crippen molar-refractivity contribution in [1.82, 2.24) is 24.5 Å². The molecule has 9 heteroatoms. The monoisotopic (exact) mass is 428 g/mol. The third-order valence-corrected chi connectivity index (χ3v) is 5.26. The number of nitrogens with one attached hydrogen (secondary N) is 1. The summed E-state index contributed by atoms with van der Waals surface area (Å²) in [5, 5.41) is 4.43. The van der Waals surface area contributed by atoms with Gasteiger partial charge in [-0.3, -0.25) is 9.99 Å². The largest absolute Gasteiger partial charge is 0.378 e. The summed E-state index contributed by atoms with van der Waals surface area (Å²) in [4.78, 5) is 21.0. The van der Waals surface area contributed by atoms with E-state index >= 15 is 0 Å². The molecule has 9 nitrogen and oxygen atoms in total. The van der Waals surface area contributed by atoms with Gasteiger partial charge in [0.15, 0.2) is 17.0 Å². The van der Waals surface area contributed by atoms with Crippen LogP contribution in [0.5, 0.6) is 0 Å². The first-order valence-corrected chi connectivity index (χ1v) is 10.6. The maximum absolute atomic E-state index is 5.50. The highest BCUT2D eigenvalue weighted by Crippen LogP contribution is 2.26. The minimum absolute atomic E-state index is 0.554. The van der Waals surface area contributed by atoms with Crippen LogP contribution in [0.3, 0.4) is 0 Å². The topological polar surface area (TPSA) is 93.4 Å². The molecule has 0 saturated carbocycles. The molecule has 1 N–H and O–H groups in total. The van der Waals surface area contributed by atoms with Crippen LogP contribution in [0.1, 0.15) is 17.0 Å². The van der Waals surface area contributed by atoms with Crippen LogP contribution >= 0.6 is 0 Å². The highest BCUT2D eigenvalue weighted by molar-refractivity contribution is 5.87. The maximum atomic E-state index is 5.50. The Kier molecular flexibility index (Phi) is 5.47. The summed E-state index contributed by atoms with van der Waals surface area (Å²) in [6, 6.07) is 13.9. The highest BCUT2D eigenvalue weighted by atomic mass is 16.5. The number of anilines is 2. The molecule has 1 saturated heterocycles.